The molecule has 3 amide bonds. The second-order valence-corrected chi connectivity index (χ2v) is 5.14. The molecule has 1 aliphatic heterocycles. The number of amides is 3. The van der Waals surface area contributed by atoms with E-state index >= 15 is 0 Å². The number of hydrogen-bond donors (Lipinski definition) is 2. The van der Waals surface area contributed by atoms with Gasteiger partial charge in [-0.25, -0.2) is 4.79 Å². The average Bonchev–Trinajstić information content (AvgIpc) is 2.57. The van der Waals surface area contributed by atoms with Crippen molar-refractivity contribution in [1.29, 1.82) is 0 Å². The molecule has 1 unspecified atom stereocenters. The van der Waals surface area contributed by atoms with E-state index in [0.717, 1.165) is 12.0 Å². The number of urea groups is 1. The van der Waals surface area contributed by atoms with Gasteiger partial charge in [-0.3, -0.25) is 10.1 Å². The van der Waals surface area contributed by atoms with Gasteiger partial charge in [0.2, 0.25) is 0 Å². The third-order valence-electron chi connectivity index (χ3n) is 2.93. The van der Waals surface area contributed by atoms with Crippen LogP contribution in [0, 0.1) is 5.92 Å². The summed E-state index contributed by atoms with van der Waals surface area (Å²) in [6.07, 6.45) is 1.57. The van der Waals surface area contributed by atoms with Gasteiger partial charge in [0.25, 0.3) is 5.91 Å². The van der Waals surface area contributed by atoms with E-state index in [1.807, 2.05) is 12.1 Å². The van der Waals surface area contributed by atoms with E-state index in [0.29, 0.717) is 12.3 Å². The van der Waals surface area contributed by atoms with Crippen molar-refractivity contribution >= 4 is 11.9 Å². The fourth-order valence-corrected chi connectivity index (χ4v) is 2.19. The van der Waals surface area contributed by atoms with Gasteiger partial charge in [-0.1, -0.05) is 38.1 Å². The Kier molecular flexibility index (Phi) is 3.65. The number of nitrogens with one attached hydrogen (secondary N) is 2. The van der Waals surface area contributed by atoms with Crippen molar-refractivity contribution in [3.8, 4) is 0 Å². The van der Waals surface area contributed by atoms with Crippen molar-refractivity contribution in [3.63, 3.8) is 0 Å². The first-order chi connectivity index (χ1) is 8.54. The molecule has 0 saturated carbocycles. The Bertz CT molecular complexity index is 469. The van der Waals surface area contributed by atoms with Crippen molar-refractivity contribution in [2.45, 2.75) is 32.7 Å². The van der Waals surface area contributed by atoms with Crippen LogP contribution in [-0.2, 0) is 17.6 Å². The molecule has 2 rings (SSSR count). The van der Waals surface area contributed by atoms with E-state index in [2.05, 4.69) is 36.6 Å². The van der Waals surface area contributed by atoms with Gasteiger partial charge in [-0.15, -0.1) is 0 Å². The van der Waals surface area contributed by atoms with Crippen LogP contribution in [-0.4, -0.2) is 18.0 Å². The van der Waals surface area contributed by atoms with Gasteiger partial charge >= 0.3 is 6.03 Å². The van der Waals surface area contributed by atoms with Gasteiger partial charge in [0, 0.05) is 6.42 Å². The first-order valence-corrected chi connectivity index (χ1v) is 6.24. The van der Waals surface area contributed by atoms with Crippen molar-refractivity contribution in [2.24, 2.45) is 5.92 Å². The van der Waals surface area contributed by atoms with Gasteiger partial charge in [-0.05, 0) is 23.5 Å². The minimum Gasteiger partial charge on any atom is -0.326 e. The molecule has 0 spiro atoms. The summed E-state index contributed by atoms with van der Waals surface area (Å²) in [4.78, 5) is 22.5. The molecule has 2 N–H and O–H groups in total. The van der Waals surface area contributed by atoms with E-state index in [4.69, 9.17) is 0 Å². The summed E-state index contributed by atoms with van der Waals surface area (Å²) in [5.74, 6) is 0.365. The standard InChI is InChI=1S/C14H18N2O2/c1-9(2)6-10-4-3-5-11(7-10)8-12-13(17)16-14(18)15-12/h3-5,7,9,12H,6,8H2,1-2H3,(H2,15,16,17,18). The van der Waals surface area contributed by atoms with E-state index in [1.54, 1.807) is 0 Å². The molecule has 4 heteroatoms. The summed E-state index contributed by atoms with van der Waals surface area (Å²) >= 11 is 0. The molecule has 96 valence electrons. The molecule has 1 saturated heterocycles. The molecule has 18 heavy (non-hydrogen) atoms. The van der Waals surface area contributed by atoms with Crippen molar-refractivity contribution in [2.75, 3.05) is 0 Å². The highest BCUT2D eigenvalue weighted by Gasteiger charge is 2.29. The lowest BCUT2D eigenvalue weighted by atomic mass is 9.98. The molecular formula is C14H18N2O2. The molecule has 1 aliphatic rings. The first-order valence-electron chi connectivity index (χ1n) is 6.24. The van der Waals surface area contributed by atoms with Gasteiger partial charge in [-0.2, -0.15) is 0 Å². The van der Waals surface area contributed by atoms with Crippen LogP contribution in [0.2, 0.25) is 0 Å². The molecule has 4 nitrogen and oxygen atoms in total. The molecule has 0 bridgehead atoms. The number of hydrogen-bond acceptors (Lipinski definition) is 2. The van der Waals surface area contributed by atoms with Gasteiger partial charge in [0.15, 0.2) is 0 Å². The Balaban J connectivity index is 2.05. The molecule has 1 aromatic carbocycles. The van der Waals surface area contributed by atoms with Crippen LogP contribution in [0.25, 0.3) is 0 Å². The fraction of sp³-hybridized carbons (Fsp3) is 0.429. The first kappa shape index (κ1) is 12.6. The maximum atomic E-state index is 11.5. The van der Waals surface area contributed by atoms with Crippen LogP contribution in [0.5, 0.6) is 0 Å². The molecular weight excluding hydrogens is 228 g/mol. The van der Waals surface area contributed by atoms with Crippen LogP contribution in [0.1, 0.15) is 25.0 Å². The fourth-order valence-electron chi connectivity index (χ4n) is 2.19. The maximum absolute atomic E-state index is 11.5. The lowest BCUT2D eigenvalue weighted by Crippen LogP contribution is -2.31. The normalized spacial score (nSPS) is 18.9. The van der Waals surface area contributed by atoms with E-state index in [9.17, 15) is 9.59 Å². The number of rotatable bonds is 4. The minimum absolute atomic E-state index is 0.241. The molecule has 0 aromatic heterocycles. The van der Waals surface area contributed by atoms with Crippen LogP contribution in [0.4, 0.5) is 4.79 Å². The monoisotopic (exact) mass is 246 g/mol. The van der Waals surface area contributed by atoms with Crippen LogP contribution >= 0.6 is 0 Å². The number of carbonyl (C=O) groups is 2. The second kappa shape index (κ2) is 5.21. The lowest BCUT2D eigenvalue weighted by molar-refractivity contribution is -0.120. The SMILES string of the molecule is CC(C)Cc1cccc(CC2NC(=O)NC2=O)c1. The average molecular weight is 246 g/mol. The molecule has 0 aliphatic carbocycles. The Hall–Kier alpha value is -1.84. The summed E-state index contributed by atoms with van der Waals surface area (Å²) in [6, 6.07) is 7.35. The summed E-state index contributed by atoms with van der Waals surface area (Å²) in [5.41, 5.74) is 2.35. The highest BCUT2D eigenvalue weighted by atomic mass is 16.2. The highest BCUT2D eigenvalue weighted by Crippen LogP contribution is 2.13. The zero-order valence-corrected chi connectivity index (χ0v) is 10.7. The summed E-state index contributed by atoms with van der Waals surface area (Å²) in [5, 5.41) is 4.86. The maximum Gasteiger partial charge on any atom is 0.322 e. The summed E-state index contributed by atoms with van der Waals surface area (Å²) in [7, 11) is 0. The zero-order valence-electron chi connectivity index (χ0n) is 10.7. The van der Waals surface area contributed by atoms with E-state index < -0.39 is 12.1 Å². The third-order valence-corrected chi connectivity index (χ3v) is 2.93. The Morgan fingerprint density at radius 3 is 2.56 bits per heavy atom. The lowest BCUT2D eigenvalue weighted by Gasteiger charge is -2.10. The zero-order chi connectivity index (χ0) is 13.1. The van der Waals surface area contributed by atoms with Gasteiger partial charge < -0.3 is 5.32 Å². The predicted molar refractivity (Wildman–Crippen MR) is 69.2 cm³/mol. The molecule has 1 atom stereocenters. The number of imide groups is 1. The number of carbonyl (C=O) groups excluding carboxylic acids is 2. The third kappa shape index (κ3) is 3.09. The Labute approximate surface area is 107 Å². The summed E-state index contributed by atoms with van der Waals surface area (Å²) < 4.78 is 0. The van der Waals surface area contributed by atoms with Gasteiger partial charge in [0.05, 0.1) is 0 Å². The van der Waals surface area contributed by atoms with Crippen molar-refractivity contribution in [3.05, 3.63) is 35.4 Å². The molecule has 1 fully saturated rings. The van der Waals surface area contributed by atoms with Gasteiger partial charge in [0.1, 0.15) is 6.04 Å². The number of benzene rings is 1. The largest absolute Gasteiger partial charge is 0.326 e. The Morgan fingerprint density at radius 1 is 1.22 bits per heavy atom. The summed E-state index contributed by atoms with van der Waals surface area (Å²) in [6.45, 7) is 4.36. The van der Waals surface area contributed by atoms with Crippen molar-refractivity contribution in [1.82, 2.24) is 10.6 Å². The van der Waals surface area contributed by atoms with Crippen molar-refractivity contribution < 1.29 is 9.59 Å². The van der Waals surface area contributed by atoms with Crippen LogP contribution in [0.3, 0.4) is 0 Å². The molecule has 1 heterocycles. The minimum atomic E-state index is -0.438. The van der Waals surface area contributed by atoms with E-state index in [-0.39, 0.29) is 5.91 Å². The topological polar surface area (TPSA) is 58.2 Å². The van der Waals surface area contributed by atoms with Crippen LogP contribution in [0.15, 0.2) is 24.3 Å². The predicted octanol–water partition coefficient (Wildman–Crippen LogP) is 1.64. The van der Waals surface area contributed by atoms with Crippen LogP contribution < -0.4 is 10.6 Å². The second-order valence-electron chi connectivity index (χ2n) is 5.14. The quantitative estimate of drug-likeness (QED) is 0.793. The Morgan fingerprint density at radius 2 is 1.94 bits per heavy atom. The highest BCUT2D eigenvalue weighted by molar-refractivity contribution is 6.04. The van der Waals surface area contributed by atoms with E-state index in [1.165, 1.54) is 5.56 Å². The molecule has 0 radical (unpaired) electrons. The molecule has 1 aromatic rings. The smallest absolute Gasteiger partial charge is 0.322 e.